The molecule has 0 spiro atoms. The molecular weight excluding hydrogens is 420 g/mol. The summed E-state index contributed by atoms with van der Waals surface area (Å²) < 4.78 is 29.2. The Morgan fingerprint density at radius 2 is 1.53 bits per heavy atom. The highest BCUT2D eigenvalue weighted by molar-refractivity contribution is 7.86. The summed E-state index contributed by atoms with van der Waals surface area (Å²) in [6, 6.07) is 2.04. The molecule has 2 saturated heterocycles. The molecule has 2 aliphatic heterocycles. The second kappa shape index (κ2) is 8.53. The quantitative estimate of drug-likeness (QED) is 0.720. The van der Waals surface area contributed by atoms with Crippen molar-refractivity contribution < 1.29 is 13.2 Å². The molecule has 0 N–H and O–H groups in total. The third-order valence-corrected chi connectivity index (χ3v) is 9.37. The summed E-state index contributed by atoms with van der Waals surface area (Å²) in [4.78, 5) is 21.2. The molecule has 2 aromatic heterocycles. The van der Waals surface area contributed by atoms with Crippen LogP contribution in [0.25, 0.3) is 10.2 Å². The molecule has 0 unspecified atom stereocenters. The Morgan fingerprint density at radius 3 is 2.17 bits per heavy atom. The number of amides is 1. The average Bonchev–Trinajstić information content (AvgIpc) is 2.88. The molecule has 0 aromatic carbocycles. The number of carbonyl (C=O) groups is 1. The maximum Gasteiger partial charge on any atom is 0.282 e. The topological polar surface area (TPSA) is 73.8 Å². The number of fused-ring (bicyclic) bond motifs is 1. The molecule has 2 aromatic rings. The standard InChI is InChI=1S/C21H30N4O3S2/c1-15-14-16(2)22-20-18(15)17(3)19(29-20)21(26)23-10-12-25(13-11-23)30(27,28)24-8-6-4-5-7-9-24/h14H,4-13H2,1-3H3. The Kier molecular flexibility index (Phi) is 6.16. The minimum atomic E-state index is -3.44. The van der Waals surface area contributed by atoms with E-state index in [4.69, 9.17) is 0 Å². The fourth-order valence-corrected chi connectivity index (χ4v) is 7.47. The Bertz CT molecular complexity index is 1050. The van der Waals surface area contributed by atoms with Crippen LogP contribution in [0.5, 0.6) is 0 Å². The molecule has 164 valence electrons. The van der Waals surface area contributed by atoms with Crippen LogP contribution in [0, 0.1) is 20.8 Å². The largest absolute Gasteiger partial charge is 0.335 e. The molecule has 2 aliphatic rings. The maximum absolute atomic E-state index is 13.2. The Labute approximate surface area is 182 Å². The summed E-state index contributed by atoms with van der Waals surface area (Å²) >= 11 is 1.44. The second-order valence-corrected chi connectivity index (χ2v) is 11.3. The van der Waals surface area contributed by atoms with Crippen LogP contribution in [-0.2, 0) is 10.2 Å². The highest BCUT2D eigenvalue weighted by Crippen LogP contribution is 2.33. The molecule has 9 heteroatoms. The molecule has 7 nitrogen and oxygen atoms in total. The summed E-state index contributed by atoms with van der Waals surface area (Å²) in [7, 11) is -3.44. The van der Waals surface area contributed by atoms with Crippen LogP contribution in [0.1, 0.15) is 52.2 Å². The van der Waals surface area contributed by atoms with Crippen LogP contribution in [-0.4, -0.2) is 72.1 Å². The number of aromatic nitrogens is 1. The minimum absolute atomic E-state index is 0.0145. The summed E-state index contributed by atoms with van der Waals surface area (Å²) in [5, 5.41) is 1.07. The van der Waals surface area contributed by atoms with Gasteiger partial charge in [0.1, 0.15) is 4.83 Å². The third-order valence-electron chi connectivity index (χ3n) is 6.16. The molecule has 0 atom stereocenters. The van der Waals surface area contributed by atoms with Gasteiger partial charge in [-0.25, -0.2) is 4.98 Å². The van der Waals surface area contributed by atoms with Crippen LogP contribution < -0.4 is 0 Å². The molecule has 30 heavy (non-hydrogen) atoms. The van der Waals surface area contributed by atoms with E-state index in [-0.39, 0.29) is 5.91 Å². The molecule has 4 rings (SSSR count). The minimum Gasteiger partial charge on any atom is -0.335 e. The number of thiophene rings is 1. The molecule has 0 saturated carbocycles. The van der Waals surface area contributed by atoms with E-state index < -0.39 is 10.2 Å². The first-order chi connectivity index (χ1) is 14.3. The fraction of sp³-hybridized carbons (Fsp3) is 0.619. The second-order valence-electron chi connectivity index (χ2n) is 8.33. The van der Waals surface area contributed by atoms with Gasteiger partial charge in [0.2, 0.25) is 0 Å². The Hall–Kier alpha value is -1.55. The van der Waals surface area contributed by atoms with E-state index in [1.54, 1.807) is 13.5 Å². The van der Waals surface area contributed by atoms with Gasteiger partial charge >= 0.3 is 0 Å². The number of rotatable bonds is 3. The molecular formula is C21H30N4O3S2. The number of piperazine rings is 1. The van der Waals surface area contributed by atoms with Gasteiger partial charge in [-0.2, -0.15) is 17.0 Å². The molecule has 2 fully saturated rings. The smallest absolute Gasteiger partial charge is 0.282 e. The van der Waals surface area contributed by atoms with Crippen molar-refractivity contribution in [1.82, 2.24) is 18.5 Å². The van der Waals surface area contributed by atoms with Crippen LogP contribution in [0.4, 0.5) is 0 Å². The number of aryl methyl sites for hydroxylation is 3. The van der Waals surface area contributed by atoms with Crippen LogP contribution in [0.15, 0.2) is 6.07 Å². The van der Waals surface area contributed by atoms with Crippen molar-refractivity contribution in [3.63, 3.8) is 0 Å². The first-order valence-corrected chi connectivity index (χ1v) is 12.9. The van der Waals surface area contributed by atoms with Crippen molar-refractivity contribution in [3.8, 4) is 0 Å². The van der Waals surface area contributed by atoms with E-state index in [1.807, 2.05) is 19.9 Å². The molecule has 0 aliphatic carbocycles. The van der Waals surface area contributed by atoms with Crippen LogP contribution in [0.3, 0.4) is 0 Å². The first-order valence-electron chi connectivity index (χ1n) is 10.7. The normalized spacial score (nSPS) is 19.9. The van der Waals surface area contributed by atoms with Crippen molar-refractivity contribution in [2.24, 2.45) is 0 Å². The number of pyridine rings is 1. The third kappa shape index (κ3) is 4.00. The van der Waals surface area contributed by atoms with Gasteiger partial charge in [0.25, 0.3) is 16.1 Å². The lowest BCUT2D eigenvalue weighted by molar-refractivity contribution is 0.0698. The van der Waals surface area contributed by atoms with Gasteiger partial charge in [-0.05, 0) is 50.8 Å². The Morgan fingerprint density at radius 1 is 0.933 bits per heavy atom. The van der Waals surface area contributed by atoms with E-state index in [9.17, 15) is 13.2 Å². The van der Waals surface area contributed by atoms with E-state index in [1.165, 1.54) is 11.3 Å². The van der Waals surface area contributed by atoms with E-state index in [0.717, 1.165) is 57.6 Å². The van der Waals surface area contributed by atoms with E-state index in [0.29, 0.717) is 39.3 Å². The van der Waals surface area contributed by atoms with Gasteiger partial charge in [-0.15, -0.1) is 11.3 Å². The fourth-order valence-electron chi connectivity index (χ4n) is 4.52. The highest BCUT2D eigenvalue weighted by atomic mass is 32.2. The lowest BCUT2D eigenvalue weighted by Gasteiger charge is -2.36. The van der Waals surface area contributed by atoms with Gasteiger partial charge < -0.3 is 4.90 Å². The van der Waals surface area contributed by atoms with Crippen molar-refractivity contribution in [3.05, 3.63) is 27.8 Å². The van der Waals surface area contributed by atoms with E-state index in [2.05, 4.69) is 11.9 Å². The van der Waals surface area contributed by atoms with Crippen LogP contribution >= 0.6 is 11.3 Å². The van der Waals surface area contributed by atoms with Crippen molar-refractivity contribution in [2.45, 2.75) is 46.5 Å². The zero-order valence-electron chi connectivity index (χ0n) is 18.0. The molecule has 4 heterocycles. The predicted molar refractivity (Wildman–Crippen MR) is 120 cm³/mol. The number of hydrogen-bond acceptors (Lipinski definition) is 5. The molecule has 1 amide bonds. The Balaban J connectivity index is 1.48. The number of nitrogens with zero attached hydrogens (tertiary/aromatic N) is 4. The lowest BCUT2D eigenvalue weighted by Crippen LogP contribution is -2.54. The highest BCUT2D eigenvalue weighted by Gasteiger charge is 2.34. The number of hydrogen-bond donors (Lipinski definition) is 0. The number of carbonyl (C=O) groups excluding carboxylic acids is 1. The van der Waals surface area contributed by atoms with Crippen LogP contribution in [0.2, 0.25) is 0 Å². The van der Waals surface area contributed by atoms with Gasteiger partial charge in [-0.1, -0.05) is 12.8 Å². The van der Waals surface area contributed by atoms with Gasteiger partial charge in [0, 0.05) is 50.3 Å². The monoisotopic (exact) mass is 450 g/mol. The summed E-state index contributed by atoms with van der Waals surface area (Å²) in [5.41, 5.74) is 3.07. The van der Waals surface area contributed by atoms with Gasteiger partial charge in [-0.3, -0.25) is 4.79 Å². The van der Waals surface area contributed by atoms with Gasteiger partial charge in [0.15, 0.2) is 0 Å². The van der Waals surface area contributed by atoms with Crippen molar-refractivity contribution in [2.75, 3.05) is 39.3 Å². The van der Waals surface area contributed by atoms with Crippen molar-refractivity contribution >= 4 is 37.7 Å². The zero-order valence-corrected chi connectivity index (χ0v) is 19.6. The average molecular weight is 451 g/mol. The lowest BCUT2D eigenvalue weighted by atomic mass is 10.1. The molecule has 0 bridgehead atoms. The first kappa shape index (κ1) is 21.7. The van der Waals surface area contributed by atoms with Crippen molar-refractivity contribution in [1.29, 1.82) is 0 Å². The zero-order chi connectivity index (χ0) is 21.5. The maximum atomic E-state index is 13.2. The summed E-state index contributed by atoms with van der Waals surface area (Å²) in [5.74, 6) is -0.0145. The summed E-state index contributed by atoms with van der Waals surface area (Å²) in [6.45, 7) is 8.76. The predicted octanol–water partition coefficient (Wildman–Crippen LogP) is 3.10. The molecule has 0 radical (unpaired) electrons. The van der Waals surface area contributed by atoms with E-state index >= 15 is 0 Å². The summed E-state index contributed by atoms with van der Waals surface area (Å²) in [6.07, 6.45) is 4.04. The SMILES string of the molecule is Cc1cc(C)c2c(C)c(C(=O)N3CCN(S(=O)(=O)N4CCCCCC4)CC3)sc2n1. The van der Waals surface area contributed by atoms with Gasteiger partial charge in [0.05, 0.1) is 4.88 Å².